The Balaban J connectivity index is 2.19. The van der Waals surface area contributed by atoms with Gasteiger partial charge in [0.15, 0.2) is 5.69 Å². The molecule has 0 atom stereocenters. The van der Waals surface area contributed by atoms with Crippen LogP contribution >= 0.6 is 0 Å². The average molecular weight is 489 g/mol. The molecule has 13 heteroatoms. The summed E-state index contributed by atoms with van der Waals surface area (Å²) in [6.07, 6.45) is -0.718. The van der Waals surface area contributed by atoms with E-state index < -0.39 is 31.2 Å². The van der Waals surface area contributed by atoms with Crippen molar-refractivity contribution in [3.05, 3.63) is 35.7 Å². The molecule has 2 aromatic rings. The van der Waals surface area contributed by atoms with Crippen LogP contribution in [0.25, 0.3) is 5.69 Å². The molecule has 0 saturated carbocycles. The van der Waals surface area contributed by atoms with Crippen molar-refractivity contribution in [2.45, 2.75) is 31.9 Å². The number of rotatable bonds is 14. The highest BCUT2D eigenvalue weighted by molar-refractivity contribution is 5.95. The van der Waals surface area contributed by atoms with Crippen LogP contribution in [0.1, 0.15) is 46.5 Å². The number of ether oxygens (including phenoxy) is 2. The van der Waals surface area contributed by atoms with Crippen LogP contribution in [0.2, 0.25) is 0 Å². The van der Waals surface area contributed by atoms with E-state index in [1.54, 1.807) is 5.32 Å². The van der Waals surface area contributed by atoms with Crippen LogP contribution in [0.4, 0.5) is 17.6 Å². The predicted molar refractivity (Wildman–Crippen MR) is 114 cm³/mol. The molecule has 0 aliphatic heterocycles. The second-order valence-corrected chi connectivity index (χ2v) is 7.23. The fourth-order valence-electron chi connectivity index (χ4n) is 2.82. The molecular formula is C21H27F4N5O4. The minimum absolute atomic E-state index is 0.0280. The minimum Gasteiger partial charge on any atom is -0.491 e. The first-order valence-electron chi connectivity index (χ1n) is 10.6. The van der Waals surface area contributed by atoms with Crippen LogP contribution in [0.5, 0.6) is 5.75 Å². The zero-order valence-corrected chi connectivity index (χ0v) is 18.7. The van der Waals surface area contributed by atoms with E-state index in [0.29, 0.717) is 31.6 Å². The molecule has 0 fully saturated rings. The number of amides is 2. The number of hydrogen-bond acceptors (Lipinski definition) is 6. The summed E-state index contributed by atoms with van der Waals surface area (Å²) < 4.78 is 61.4. The van der Waals surface area contributed by atoms with Crippen molar-refractivity contribution in [1.82, 2.24) is 25.6 Å². The van der Waals surface area contributed by atoms with Gasteiger partial charge in [0.1, 0.15) is 18.0 Å². The Hall–Kier alpha value is -3.22. The van der Waals surface area contributed by atoms with Crippen molar-refractivity contribution >= 4 is 11.8 Å². The molecule has 0 aliphatic carbocycles. The average Bonchev–Trinajstić information content (AvgIpc) is 3.29. The van der Waals surface area contributed by atoms with Gasteiger partial charge in [-0.2, -0.15) is 13.2 Å². The lowest BCUT2D eigenvalue weighted by molar-refractivity contribution is -0.123. The van der Waals surface area contributed by atoms with Gasteiger partial charge in [0, 0.05) is 19.2 Å². The van der Waals surface area contributed by atoms with Gasteiger partial charge in [-0.05, 0) is 37.5 Å². The molecule has 2 amide bonds. The highest BCUT2D eigenvalue weighted by Gasteiger charge is 2.28. The highest BCUT2D eigenvalue weighted by Crippen LogP contribution is 2.25. The molecule has 0 radical (unpaired) electrons. The van der Waals surface area contributed by atoms with Gasteiger partial charge in [-0.1, -0.05) is 11.6 Å². The molecule has 1 aromatic carbocycles. The van der Waals surface area contributed by atoms with Gasteiger partial charge in [-0.3, -0.25) is 14.0 Å². The maximum atomic E-state index is 12.4. The molecule has 34 heavy (non-hydrogen) atoms. The minimum atomic E-state index is -4.55. The van der Waals surface area contributed by atoms with Crippen molar-refractivity contribution in [3.8, 4) is 11.4 Å². The first-order valence-corrected chi connectivity index (χ1v) is 10.6. The standard InChI is InChI=1S/C21H27F4N5O4/c1-33-11-9-26-20(32)16-13-30(29-28-16)17-7-6-15(19(31)27-14-21(23,24)25)12-18(17)34-10-5-3-2-4-8-22/h6-7,12-13H,2-5,8-11,14H2,1H3,(H,26,32)(H,27,31). The summed E-state index contributed by atoms with van der Waals surface area (Å²) >= 11 is 0. The molecule has 0 bridgehead atoms. The first-order chi connectivity index (χ1) is 16.2. The summed E-state index contributed by atoms with van der Waals surface area (Å²) in [6, 6.07) is 4.04. The molecular weight excluding hydrogens is 462 g/mol. The number of alkyl halides is 4. The topological polar surface area (TPSA) is 107 Å². The predicted octanol–water partition coefficient (Wildman–Crippen LogP) is 2.84. The molecule has 0 spiro atoms. The van der Waals surface area contributed by atoms with E-state index in [1.165, 1.54) is 36.2 Å². The Morgan fingerprint density at radius 1 is 1.06 bits per heavy atom. The molecule has 2 rings (SSSR count). The van der Waals surface area contributed by atoms with E-state index >= 15 is 0 Å². The SMILES string of the molecule is COCCNC(=O)c1cn(-c2ccc(C(=O)NCC(F)(F)F)cc2OCCCCCCF)nn1. The number of halogens is 4. The second kappa shape index (κ2) is 13.5. The van der Waals surface area contributed by atoms with Crippen LogP contribution in [0.15, 0.2) is 24.4 Å². The highest BCUT2D eigenvalue weighted by atomic mass is 19.4. The lowest BCUT2D eigenvalue weighted by Crippen LogP contribution is -2.33. The maximum Gasteiger partial charge on any atom is 0.405 e. The Morgan fingerprint density at radius 2 is 1.82 bits per heavy atom. The third-order valence-corrected chi connectivity index (χ3v) is 4.52. The van der Waals surface area contributed by atoms with Crippen molar-refractivity contribution in [2.75, 3.05) is 40.1 Å². The summed E-state index contributed by atoms with van der Waals surface area (Å²) in [5, 5.41) is 12.1. The zero-order chi connectivity index (χ0) is 25.0. The van der Waals surface area contributed by atoms with Gasteiger partial charge >= 0.3 is 6.18 Å². The molecule has 1 heterocycles. The van der Waals surface area contributed by atoms with Crippen LogP contribution in [-0.2, 0) is 4.74 Å². The van der Waals surface area contributed by atoms with Gasteiger partial charge in [0.2, 0.25) is 0 Å². The number of aromatic nitrogens is 3. The summed E-state index contributed by atoms with van der Waals surface area (Å²) in [4.78, 5) is 24.3. The number of methoxy groups -OCH3 is 1. The van der Waals surface area contributed by atoms with Gasteiger partial charge < -0.3 is 20.1 Å². The molecule has 0 aliphatic rings. The second-order valence-electron chi connectivity index (χ2n) is 7.23. The van der Waals surface area contributed by atoms with Crippen molar-refractivity contribution < 1.29 is 36.6 Å². The van der Waals surface area contributed by atoms with Crippen molar-refractivity contribution in [2.24, 2.45) is 0 Å². The number of nitrogens with zero attached hydrogens (tertiary/aromatic N) is 3. The fourth-order valence-corrected chi connectivity index (χ4v) is 2.82. The number of carbonyl (C=O) groups excluding carboxylic acids is 2. The Kier molecular flexibility index (Phi) is 10.7. The first kappa shape index (κ1) is 27.0. The number of nitrogens with one attached hydrogen (secondary N) is 2. The quantitative estimate of drug-likeness (QED) is 0.312. The molecule has 9 nitrogen and oxygen atoms in total. The molecule has 0 saturated heterocycles. The third kappa shape index (κ3) is 8.96. The van der Waals surface area contributed by atoms with E-state index in [4.69, 9.17) is 9.47 Å². The van der Waals surface area contributed by atoms with E-state index in [2.05, 4.69) is 15.6 Å². The lowest BCUT2D eigenvalue weighted by atomic mass is 10.1. The number of unbranched alkanes of at least 4 members (excludes halogenated alkanes) is 3. The molecule has 1 aromatic heterocycles. The smallest absolute Gasteiger partial charge is 0.405 e. The van der Waals surface area contributed by atoms with Gasteiger partial charge in [0.25, 0.3) is 11.8 Å². The Morgan fingerprint density at radius 3 is 2.53 bits per heavy atom. The number of hydrogen-bond donors (Lipinski definition) is 2. The monoisotopic (exact) mass is 489 g/mol. The van der Waals surface area contributed by atoms with Crippen LogP contribution in [0, 0.1) is 0 Å². The summed E-state index contributed by atoms with van der Waals surface area (Å²) in [5.74, 6) is -1.23. The fraction of sp³-hybridized carbons (Fsp3) is 0.524. The number of benzene rings is 1. The Bertz CT molecular complexity index is 936. The van der Waals surface area contributed by atoms with E-state index in [-0.39, 0.29) is 30.2 Å². The third-order valence-electron chi connectivity index (χ3n) is 4.52. The lowest BCUT2D eigenvalue weighted by Gasteiger charge is -2.14. The largest absolute Gasteiger partial charge is 0.491 e. The summed E-state index contributed by atoms with van der Waals surface area (Å²) in [5.41, 5.74) is 0.318. The number of carbonyl (C=O) groups is 2. The normalized spacial score (nSPS) is 11.3. The molecule has 2 N–H and O–H groups in total. The van der Waals surface area contributed by atoms with Gasteiger partial charge in [-0.15, -0.1) is 5.10 Å². The van der Waals surface area contributed by atoms with E-state index in [0.717, 1.165) is 6.42 Å². The maximum absolute atomic E-state index is 12.4. The van der Waals surface area contributed by atoms with Crippen molar-refractivity contribution in [1.29, 1.82) is 0 Å². The zero-order valence-electron chi connectivity index (χ0n) is 18.7. The molecule has 0 unspecified atom stereocenters. The molecule has 188 valence electrons. The van der Waals surface area contributed by atoms with E-state index in [9.17, 15) is 27.2 Å². The van der Waals surface area contributed by atoms with Gasteiger partial charge in [0.05, 0.1) is 26.1 Å². The Labute approximate surface area is 193 Å². The van der Waals surface area contributed by atoms with E-state index in [1.807, 2.05) is 0 Å². The van der Waals surface area contributed by atoms with Crippen LogP contribution in [0.3, 0.4) is 0 Å². The van der Waals surface area contributed by atoms with Gasteiger partial charge in [-0.25, -0.2) is 4.68 Å². The van der Waals surface area contributed by atoms with Crippen LogP contribution in [-0.4, -0.2) is 73.1 Å². The summed E-state index contributed by atoms with van der Waals surface area (Å²) in [6.45, 7) is -1.04. The summed E-state index contributed by atoms with van der Waals surface area (Å²) in [7, 11) is 1.50. The van der Waals surface area contributed by atoms with Crippen molar-refractivity contribution in [3.63, 3.8) is 0 Å². The van der Waals surface area contributed by atoms with Crippen LogP contribution < -0.4 is 15.4 Å².